The fourth-order valence-electron chi connectivity index (χ4n) is 1.12. The quantitative estimate of drug-likeness (QED) is 0.521. The molecule has 0 aliphatic heterocycles. The molecule has 0 aliphatic rings. The van der Waals surface area contributed by atoms with Crippen LogP contribution in [0.25, 0.3) is 0 Å². The minimum atomic E-state index is 0.358. The number of hydrogen-bond donors (Lipinski definition) is 1. The molecule has 0 saturated heterocycles. The highest BCUT2D eigenvalue weighted by Gasteiger charge is 1.95. The lowest BCUT2D eigenvalue weighted by molar-refractivity contribution is 1.02. The predicted octanol–water partition coefficient (Wildman–Crippen LogP) is 3.18. The van der Waals surface area contributed by atoms with E-state index < -0.39 is 0 Å². The van der Waals surface area contributed by atoms with Gasteiger partial charge in [-0.2, -0.15) is 5.10 Å². The first-order chi connectivity index (χ1) is 8.25. The van der Waals surface area contributed by atoms with Gasteiger partial charge in [0.1, 0.15) is 0 Å². The van der Waals surface area contributed by atoms with E-state index in [0.29, 0.717) is 11.0 Å². The number of aromatic nitrogens is 2. The van der Waals surface area contributed by atoms with Crippen molar-refractivity contribution < 1.29 is 0 Å². The first kappa shape index (κ1) is 12.3. The van der Waals surface area contributed by atoms with E-state index >= 15 is 0 Å². The minimum absolute atomic E-state index is 0.358. The summed E-state index contributed by atoms with van der Waals surface area (Å²) in [5.74, 6) is 0.552. The molecule has 86 valence electrons. The van der Waals surface area contributed by atoms with Crippen molar-refractivity contribution in [2.24, 2.45) is 5.10 Å². The van der Waals surface area contributed by atoms with Crippen LogP contribution in [0.2, 0.25) is 5.15 Å². The van der Waals surface area contributed by atoms with Crippen LogP contribution in [0.15, 0.2) is 41.5 Å². The van der Waals surface area contributed by atoms with E-state index in [1.807, 2.05) is 24.3 Å². The van der Waals surface area contributed by atoms with Gasteiger partial charge in [-0.15, -0.1) is 10.2 Å². The lowest BCUT2D eigenvalue weighted by atomic mass is 10.2. The SMILES string of the molecule is Clc1ccc(N/N=C/c2ccccc2I)nn1. The summed E-state index contributed by atoms with van der Waals surface area (Å²) in [7, 11) is 0. The van der Waals surface area contributed by atoms with Crippen LogP contribution in [0.3, 0.4) is 0 Å². The highest BCUT2D eigenvalue weighted by molar-refractivity contribution is 14.1. The molecule has 0 radical (unpaired) electrons. The van der Waals surface area contributed by atoms with Crippen LogP contribution in [0.5, 0.6) is 0 Å². The number of halogens is 2. The maximum atomic E-state index is 5.62. The van der Waals surface area contributed by atoms with Gasteiger partial charge in [-0.1, -0.05) is 29.8 Å². The molecule has 6 heteroatoms. The summed E-state index contributed by atoms with van der Waals surface area (Å²) in [5, 5.41) is 12.0. The first-order valence-corrected chi connectivity index (χ1v) is 6.24. The molecule has 0 bridgehead atoms. The first-order valence-electron chi connectivity index (χ1n) is 4.78. The van der Waals surface area contributed by atoms with E-state index in [-0.39, 0.29) is 0 Å². The van der Waals surface area contributed by atoms with Crippen molar-refractivity contribution in [3.63, 3.8) is 0 Å². The molecule has 0 aliphatic carbocycles. The molecule has 0 spiro atoms. The fourth-order valence-corrected chi connectivity index (χ4v) is 1.75. The average Bonchev–Trinajstić information content (AvgIpc) is 2.34. The standard InChI is InChI=1S/C11H8ClIN4/c12-10-5-6-11(17-15-10)16-14-7-8-3-1-2-4-9(8)13/h1-7H,(H,16,17)/b14-7+. The van der Waals surface area contributed by atoms with Crippen LogP contribution in [-0.4, -0.2) is 16.4 Å². The maximum Gasteiger partial charge on any atom is 0.168 e. The van der Waals surface area contributed by atoms with Crippen molar-refractivity contribution in [3.05, 3.63) is 50.7 Å². The Morgan fingerprint density at radius 2 is 2.00 bits per heavy atom. The Kier molecular flexibility index (Phi) is 4.27. The zero-order valence-corrected chi connectivity index (χ0v) is 11.6. The summed E-state index contributed by atoms with van der Waals surface area (Å²) >= 11 is 7.88. The summed E-state index contributed by atoms with van der Waals surface area (Å²) in [6.07, 6.45) is 1.73. The molecular formula is C11H8ClIN4. The Hall–Kier alpha value is -1.21. The van der Waals surface area contributed by atoms with Gasteiger partial charge in [0, 0.05) is 9.13 Å². The van der Waals surface area contributed by atoms with Crippen LogP contribution < -0.4 is 5.43 Å². The zero-order valence-electron chi connectivity index (χ0n) is 8.64. The largest absolute Gasteiger partial charge is 0.260 e. The summed E-state index contributed by atoms with van der Waals surface area (Å²) in [6, 6.07) is 11.3. The second kappa shape index (κ2) is 5.92. The molecule has 0 saturated carbocycles. The van der Waals surface area contributed by atoms with Crippen molar-refractivity contribution in [2.45, 2.75) is 0 Å². The van der Waals surface area contributed by atoms with Crippen LogP contribution in [0.1, 0.15) is 5.56 Å². The number of hydrazone groups is 1. The molecule has 17 heavy (non-hydrogen) atoms. The Balaban J connectivity index is 2.03. The van der Waals surface area contributed by atoms with Crippen molar-refractivity contribution in [3.8, 4) is 0 Å². The maximum absolute atomic E-state index is 5.62. The Labute approximate surface area is 117 Å². The Bertz CT molecular complexity index is 527. The molecule has 1 N–H and O–H groups in total. The third-order valence-electron chi connectivity index (χ3n) is 1.92. The van der Waals surface area contributed by atoms with E-state index in [1.165, 1.54) is 0 Å². The average molecular weight is 359 g/mol. The second-order valence-corrected chi connectivity index (χ2v) is 4.68. The van der Waals surface area contributed by atoms with E-state index in [0.717, 1.165) is 9.13 Å². The summed E-state index contributed by atoms with van der Waals surface area (Å²) in [6.45, 7) is 0. The molecule has 0 atom stereocenters. The highest BCUT2D eigenvalue weighted by atomic mass is 127. The van der Waals surface area contributed by atoms with Crippen LogP contribution in [0.4, 0.5) is 5.82 Å². The van der Waals surface area contributed by atoms with Gasteiger partial charge < -0.3 is 0 Å². The van der Waals surface area contributed by atoms with Crippen molar-refractivity contribution >= 4 is 46.2 Å². The van der Waals surface area contributed by atoms with Crippen molar-refractivity contribution in [1.29, 1.82) is 0 Å². The number of rotatable bonds is 3. The van der Waals surface area contributed by atoms with Gasteiger partial charge in [0.05, 0.1) is 6.21 Å². The molecule has 4 nitrogen and oxygen atoms in total. The Morgan fingerprint density at radius 1 is 1.18 bits per heavy atom. The molecule has 1 aromatic heterocycles. The number of anilines is 1. The summed E-state index contributed by atoms with van der Waals surface area (Å²) in [5.41, 5.74) is 3.83. The third-order valence-corrected chi connectivity index (χ3v) is 3.10. The monoisotopic (exact) mass is 358 g/mol. The Morgan fingerprint density at radius 3 is 2.71 bits per heavy atom. The normalized spacial score (nSPS) is 10.7. The summed E-state index contributed by atoms with van der Waals surface area (Å²) in [4.78, 5) is 0. The minimum Gasteiger partial charge on any atom is -0.260 e. The van der Waals surface area contributed by atoms with Crippen molar-refractivity contribution in [2.75, 3.05) is 5.43 Å². The van der Waals surface area contributed by atoms with Gasteiger partial charge in [0.15, 0.2) is 11.0 Å². The predicted molar refractivity (Wildman–Crippen MR) is 77.4 cm³/mol. The fraction of sp³-hybridized carbons (Fsp3) is 0. The molecular weight excluding hydrogens is 351 g/mol. The smallest absolute Gasteiger partial charge is 0.168 e. The molecule has 0 unspecified atom stereocenters. The lowest BCUT2D eigenvalue weighted by Gasteiger charge is -1.98. The van der Waals surface area contributed by atoms with Gasteiger partial charge in [-0.05, 0) is 40.8 Å². The van der Waals surface area contributed by atoms with E-state index in [1.54, 1.807) is 18.3 Å². The molecule has 2 aromatic rings. The number of nitrogens with one attached hydrogen (secondary N) is 1. The van der Waals surface area contributed by atoms with Gasteiger partial charge in [-0.3, -0.25) is 5.43 Å². The number of hydrogen-bond acceptors (Lipinski definition) is 4. The lowest BCUT2D eigenvalue weighted by Crippen LogP contribution is -1.95. The third kappa shape index (κ3) is 3.64. The van der Waals surface area contributed by atoms with Crippen molar-refractivity contribution in [1.82, 2.24) is 10.2 Å². The molecule has 2 rings (SSSR count). The van der Waals surface area contributed by atoms with Crippen LogP contribution >= 0.6 is 34.2 Å². The van der Waals surface area contributed by atoms with E-state index in [2.05, 4.69) is 43.3 Å². The van der Waals surface area contributed by atoms with E-state index in [9.17, 15) is 0 Å². The molecule has 1 aromatic carbocycles. The number of nitrogens with zero attached hydrogens (tertiary/aromatic N) is 3. The highest BCUT2D eigenvalue weighted by Crippen LogP contribution is 2.09. The van der Waals surface area contributed by atoms with Gasteiger partial charge in [0.25, 0.3) is 0 Å². The zero-order chi connectivity index (χ0) is 12.1. The van der Waals surface area contributed by atoms with Gasteiger partial charge in [0.2, 0.25) is 0 Å². The molecule has 1 heterocycles. The van der Waals surface area contributed by atoms with Gasteiger partial charge >= 0.3 is 0 Å². The number of benzene rings is 1. The summed E-state index contributed by atoms with van der Waals surface area (Å²) < 4.78 is 1.14. The molecule has 0 fully saturated rings. The van der Waals surface area contributed by atoms with Crippen LogP contribution in [0, 0.1) is 3.57 Å². The van der Waals surface area contributed by atoms with Gasteiger partial charge in [-0.25, -0.2) is 0 Å². The topological polar surface area (TPSA) is 50.2 Å². The second-order valence-electron chi connectivity index (χ2n) is 3.13. The van der Waals surface area contributed by atoms with E-state index in [4.69, 9.17) is 11.6 Å². The molecule has 0 amide bonds. The van der Waals surface area contributed by atoms with Crippen LogP contribution in [-0.2, 0) is 0 Å².